The number of aliphatic carboxylic acids is 1. The van der Waals surface area contributed by atoms with Gasteiger partial charge in [0, 0.05) is 20.0 Å². The normalized spacial score (nSPS) is 13.2. The Labute approximate surface area is 146 Å². The van der Waals surface area contributed by atoms with E-state index in [1.165, 1.54) is 0 Å². The van der Waals surface area contributed by atoms with Crippen LogP contribution in [0.4, 0.5) is 0 Å². The number of methoxy groups -OCH3 is 1. The summed E-state index contributed by atoms with van der Waals surface area (Å²) < 4.78 is 5.22. The molecule has 0 aliphatic rings. The molecule has 0 saturated carbocycles. The van der Waals surface area contributed by atoms with Crippen molar-refractivity contribution in [2.24, 2.45) is 0 Å². The number of carboxylic acid groups (broad SMARTS) is 1. The van der Waals surface area contributed by atoms with Gasteiger partial charge in [-0.05, 0) is 25.3 Å². The van der Waals surface area contributed by atoms with Crippen LogP contribution in [0.25, 0.3) is 0 Å². The van der Waals surface area contributed by atoms with Crippen LogP contribution in [0.2, 0.25) is 0 Å². The Kier molecular flexibility index (Phi) is 15.1. The Balaban J connectivity index is 3.63. The van der Waals surface area contributed by atoms with E-state index in [0.29, 0.717) is 6.42 Å². The van der Waals surface area contributed by atoms with Crippen LogP contribution in [0.5, 0.6) is 0 Å². The maximum absolute atomic E-state index is 11.7. The number of allylic oxidation sites excluding steroid dienone is 5. The van der Waals surface area contributed by atoms with Gasteiger partial charge in [-0.15, -0.1) is 0 Å². The average Bonchev–Trinajstić information content (AvgIpc) is 2.56. The number of rotatable bonds is 15. The molecule has 0 radical (unpaired) electrons. The van der Waals surface area contributed by atoms with E-state index in [1.54, 1.807) is 19.3 Å². The van der Waals surface area contributed by atoms with Crippen LogP contribution in [0.3, 0.4) is 0 Å². The highest BCUT2D eigenvalue weighted by Crippen LogP contribution is 2.09. The lowest BCUT2D eigenvalue weighted by Crippen LogP contribution is -2.03. The fourth-order valence-electron chi connectivity index (χ4n) is 2.23. The number of hydrogen-bond acceptors (Lipinski definition) is 3. The molecule has 0 aliphatic heterocycles. The van der Waals surface area contributed by atoms with Crippen molar-refractivity contribution in [3.05, 3.63) is 36.5 Å². The molecule has 0 amide bonds. The zero-order valence-electron chi connectivity index (χ0n) is 15.1. The molecular formula is C20H32O4. The molecule has 1 atom stereocenters. The summed E-state index contributed by atoms with van der Waals surface area (Å²) in [6.07, 6.45) is 18.7. The second-order valence-electron chi connectivity index (χ2n) is 5.79. The van der Waals surface area contributed by atoms with E-state index in [9.17, 15) is 9.59 Å². The van der Waals surface area contributed by atoms with Crippen LogP contribution in [0, 0.1) is 0 Å². The first-order valence-electron chi connectivity index (χ1n) is 8.89. The molecule has 0 heterocycles. The Morgan fingerprint density at radius 1 is 0.917 bits per heavy atom. The Hall–Kier alpha value is -1.68. The molecule has 4 heteroatoms. The number of carbonyl (C=O) groups excluding carboxylic acids is 1. The Bertz CT molecular complexity index is 417. The van der Waals surface area contributed by atoms with Crippen LogP contribution in [-0.2, 0) is 14.3 Å². The maximum atomic E-state index is 11.7. The van der Waals surface area contributed by atoms with E-state index >= 15 is 0 Å². The molecule has 0 spiro atoms. The molecule has 0 bridgehead atoms. The molecule has 0 aliphatic carbocycles. The quantitative estimate of drug-likeness (QED) is 0.264. The van der Waals surface area contributed by atoms with Gasteiger partial charge in [0.2, 0.25) is 0 Å². The summed E-state index contributed by atoms with van der Waals surface area (Å²) in [6, 6.07) is 0. The lowest BCUT2D eigenvalue weighted by atomic mass is 10.1. The maximum Gasteiger partial charge on any atom is 0.303 e. The zero-order chi connectivity index (χ0) is 18.0. The molecule has 136 valence electrons. The third kappa shape index (κ3) is 15.2. The summed E-state index contributed by atoms with van der Waals surface area (Å²) >= 11 is 0. The van der Waals surface area contributed by atoms with Crippen LogP contribution in [-0.4, -0.2) is 30.1 Å². The smallest absolute Gasteiger partial charge is 0.303 e. The number of ether oxygens (including phenoxy) is 1. The predicted molar refractivity (Wildman–Crippen MR) is 98.1 cm³/mol. The van der Waals surface area contributed by atoms with Crippen LogP contribution in [0.15, 0.2) is 36.5 Å². The minimum atomic E-state index is -0.721. The number of ketones is 1. The van der Waals surface area contributed by atoms with Crippen molar-refractivity contribution < 1.29 is 19.4 Å². The van der Waals surface area contributed by atoms with Gasteiger partial charge >= 0.3 is 5.97 Å². The summed E-state index contributed by atoms with van der Waals surface area (Å²) in [7, 11) is 1.69. The van der Waals surface area contributed by atoms with E-state index in [0.717, 1.165) is 44.9 Å². The van der Waals surface area contributed by atoms with Gasteiger partial charge in [-0.3, -0.25) is 9.59 Å². The van der Waals surface area contributed by atoms with Gasteiger partial charge in [0.25, 0.3) is 0 Å². The fourth-order valence-corrected chi connectivity index (χ4v) is 2.23. The monoisotopic (exact) mass is 336 g/mol. The number of carbonyl (C=O) groups is 2. The lowest BCUT2D eigenvalue weighted by molar-refractivity contribution is -0.137. The number of carboxylic acids is 1. The first-order chi connectivity index (χ1) is 11.6. The summed E-state index contributed by atoms with van der Waals surface area (Å²) in [5, 5.41) is 8.52. The number of hydrogen-bond donors (Lipinski definition) is 1. The first-order valence-corrected chi connectivity index (χ1v) is 8.89. The van der Waals surface area contributed by atoms with Gasteiger partial charge < -0.3 is 9.84 Å². The summed E-state index contributed by atoms with van der Waals surface area (Å²) in [6.45, 7) is 2.07. The van der Waals surface area contributed by atoms with E-state index in [2.05, 4.69) is 6.92 Å². The second-order valence-corrected chi connectivity index (χ2v) is 5.79. The SMILES string of the molecule is CCC(C=CC=CC=CC(=O)CCCCCCCCC(=O)O)OC. The molecule has 0 fully saturated rings. The highest BCUT2D eigenvalue weighted by Gasteiger charge is 1.98. The standard InChI is InChI=1S/C20H32O4/c1-3-19(24-2)16-12-9-8-11-15-18(21)14-10-6-4-5-7-13-17-20(22)23/h8-9,11-12,15-16,19H,3-7,10,13-14,17H2,1-2H3,(H,22,23). The van der Waals surface area contributed by atoms with Crippen LogP contribution < -0.4 is 0 Å². The molecule has 0 aromatic heterocycles. The Morgan fingerprint density at radius 3 is 2.08 bits per heavy atom. The van der Waals surface area contributed by atoms with Crippen molar-refractivity contribution in [3.8, 4) is 0 Å². The van der Waals surface area contributed by atoms with Crippen molar-refractivity contribution in [2.75, 3.05) is 7.11 Å². The van der Waals surface area contributed by atoms with E-state index < -0.39 is 5.97 Å². The molecule has 1 N–H and O–H groups in total. The van der Waals surface area contributed by atoms with Gasteiger partial charge in [-0.1, -0.05) is 63.0 Å². The molecule has 4 nitrogen and oxygen atoms in total. The predicted octanol–water partition coefficient (Wildman–Crippen LogP) is 4.85. The van der Waals surface area contributed by atoms with Gasteiger partial charge in [0.1, 0.15) is 0 Å². The summed E-state index contributed by atoms with van der Waals surface area (Å²) in [5.41, 5.74) is 0. The van der Waals surface area contributed by atoms with E-state index in [-0.39, 0.29) is 18.3 Å². The van der Waals surface area contributed by atoms with E-state index in [4.69, 9.17) is 9.84 Å². The van der Waals surface area contributed by atoms with Crippen molar-refractivity contribution in [3.63, 3.8) is 0 Å². The molecule has 0 aromatic carbocycles. The van der Waals surface area contributed by atoms with Crippen molar-refractivity contribution in [2.45, 2.75) is 70.8 Å². The molecule has 0 rings (SSSR count). The van der Waals surface area contributed by atoms with Crippen molar-refractivity contribution in [1.82, 2.24) is 0 Å². The van der Waals surface area contributed by atoms with Gasteiger partial charge in [-0.25, -0.2) is 0 Å². The largest absolute Gasteiger partial charge is 0.481 e. The Morgan fingerprint density at radius 2 is 1.50 bits per heavy atom. The highest BCUT2D eigenvalue weighted by molar-refractivity contribution is 5.89. The minimum Gasteiger partial charge on any atom is -0.481 e. The topological polar surface area (TPSA) is 63.6 Å². The second kappa shape index (κ2) is 16.2. The molecular weight excluding hydrogens is 304 g/mol. The number of unbranched alkanes of at least 4 members (excludes halogenated alkanes) is 5. The minimum absolute atomic E-state index is 0.143. The molecule has 1 unspecified atom stereocenters. The zero-order valence-corrected chi connectivity index (χ0v) is 15.1. The highest BCUT2D eigenvalue weighted by atomic mass is 16.5. The first kappa shape index (κ1) is 22.3. The molecule has 0 saturated heterocycles. The van der Waals surface area contributed by atoms with Crippen molar-refractivity contribution in [1.29, 1.82) is 0 Å². The summed E-state index contributed by atoms with van der Waals surface area (Å²) in [5.74, 6) is -0.571. The molecule has 24 heavy (non-hydrogen) atoms. The average molecular weight is 336 g/mol. The van der Waals surface area contributed by atoms with Crippen LogP contribution in [0.1, 0.15) is 64.7 Å². The lowest BCUT2D eigenvalue weighted by Gasteiger charge is -2.04. The van der Waals surface area contributed by atoms with Crippen molar-refractivity contribution >= 4 is 11.8 Å². The van der Waals surface area contributed by atoms with Gasteiger partial charge in [-0.2, -0.15) is 0 Å². The fraction of sp³-hybridized carbons (Fsp3) is 0.600. The van der Waals surface area contributed by atoms with Crippen LogP contribution >= 0.6 is 0 Å². The van der Waals surface area contributed by atoms with Gasteiger partial charge in [0.05, 0.1) is 6.10 Å². The third-order valence-electron chi connectivity index (χ3n) is 3.71. The summed E-state index contributed by atoms with van der Waals surface area (Å²) in [4.78, 5) is 22.0. The molecule has 0 aromatic rings. The van der Waals surface area contributed by atoms with E-state index in [1.807, 2.05) is 24.3 Å². The third-order valence-corrected chi connectivity index (χ3v) is 3.71. The van der Waals surface area contributed by atoms with Gasteiger partial charge in [0.15, 0.2) is 5.78 Å².